The van der Waals surface area contributed by atoms with Crippen molar-refractivity contribution < 1.29 is 23.7 Å². The molecule has 2 aromatic carbocycles. The molecule has 0 atom stereocenters. The maximum atomic E-state index is 11.6. The normalized spacial score (nSPS) is 10.4. The number of thiophene rings is 1. The molecule has 0 N–H and O–H groups in total. The Bertz CT molecular complexity index is 828. The molecule has 0 fully saturated rings. The van der Waals surface area contributed by atoms with E-state index in [9.17, 15) is 4.79 Å². The molecule has 130 valence electrons. The summed E-state index contributed by atoms with van der Waals surface area (Å²) in [5.74, 6) is 1.31. The topological polar surface area (TPSA) is 54.0 Å². The molecule has 0 unspecified atom stereocenters. The predicted molar refractivity (Wildman–Crippen MR) is 96.9 cm³/mol. The number of hydrogen-bond acceptors (Lipinski definition) is 6. The van der Waals surface area contributed by atoms with E-state index in [1.165, 1.54) is 11.3 Å². The van der Waals surface area contributed by atoms with Crippen molar-refractivity contribution in [3.05, 3.63) is 54.6 Å². The van der Waals surface area contributed by atoms with Crippen LogP contribution in [0.15, 0.2) is 54.6 Å². The van der Waals surface area contributed by atoms with Crippen LogP contribution in [-0.2, 0) is 4.74 Å². The highest BCUT2D eigenvalue weighted by molar-refractivity contribution is 7.21. The first-order valence-corrected chi connectivity index (χ1v) is 8.76. The van der Waals surface area contributed by atoms with Crippen molar-refractivity contribution in [2.45, 2.75) is 6.92 Å². The van der Waals surface area contributed by atoms with Gasteiger partial charge in [-0.1, -0.05) is 41.7 Å². The summed E-state index contributed by atoms with van der Waals surface area (Å²) >= 11 is 1.34. The summed E-state index contributed by atoms with van der Waals surface area (Å²) in [5.41, 5.74) is 0. The van der Waals surface area contributed by atoms with Gasteiger partial charge in [0.2, 0.25) is 5.06 Å². The molecule has 0 aliphatic carbocycles. The Hall–Kier alpha value is -2.73. The lowest BCUT2D eigenvalue weighted by Gasteiger charge is -2.09. The van der Waals surface area contributed by atoms with Crippen LogP contribution in [0, 0.1) is 0 Å². The fourth-order valence-corrected chi connectivity index (χ4v) is 3.23. The Morgan fingerprint density at radius 1 is 0.960 bits per heavy atom. The Morgan fingerprint density at radius 3 is 2.48 bits per heavy atom. The molecule has 0 amide bonds. The minimum atomic E-state index is -0.737. The molecule has 0 spiro atoms. The minimum absolute atomic E-state index is 0.255. The quantitative estimate of drug-likeness (QED) is 0.444. The molecule has 5 nitrogen and oxygen atoms in total. The van der Waals surface area contributed by atoms with Crippen molar-refractivity contribution >= 4 is 27.6 Å². The van der Waals surface area contributed by atoms with Crippen LogP contribution < -0.4 is 14.2 Å². The van der Waals surface area contributed by atoms with Gasteiger partial charge in [-0.3, -0.25) is 0 Å². The third kappa shape index (κ3) is 4.42. The summed E-state index contributed by atoms with van der Waals surface area (Å²) in [6.07, 6.45) is -0.737. The summed E-state index contributed by atoms with van der Waals surface area (Å²) in [6, 6.07) is 17.2. The van der Waals surface area contributed by atoms with E-state index in [1.54, 1.807) is 6.92 Å². The van der Waals surface area contributed by atoms with Gasteiger partial charge in [0.1, 0.15) is 19.0 Å². The highest BCUT2D eigenvalue weighted by atomic mass is 32.1. The molecule has 0 radical (unpaired) electrons. The van der Waals surface area contributed by atoms with Crippen LogP contribution in [0.5, 0.6) is 16.6 Å². The number of hydrogen-bond donors (Lipinski definition) is 0. The molecule has 3 aromatic rings. The standard InChI is InChI=1S/C19H18O5S/c1-2-21-19(20)24-18-17(15-10-6-7-11-16(15)25-18)23-13-12-22-14-8-4-3-5-9-14/h3-11H,2,12-13H2,1H3. The monoisotopic (exact) mass is 358 g/mol. The lowest BCUT2D eigenvalue weighted by molar-refractivity contribution is 0.104. The Labute approximate surface area is 149 Å². The first kappa shape index (κ1) is 17.1. The zero-order valence-corrected chi connectivity index (χ0v) is 14.6. The van der Waals surface area contributed by atoms with Crippen LogP contribution in [0.3, 0.4) is 0 Å². The van der Waals surface area contributed by atoms with Gasteiger partial charge in [-0.15, -0.1) is 0 Å². The number of carbonyl (C=O) groups is 1. The Balaban J connectivity index is 1.69. The van der Waals surface area contributed by atoms with E-state index in [1.807, 2.05) is 54.6 Å². The van der Waals surface area contributed by atoms with E-state index in [-0.39, 0.29) is 6.61 Å². The summed E-state index contributed by atoms with van der Waals surface area (Å²) in [6.45, 7) is 2.69. The summed E-state index contributed by atoms with van der Waals surface area (Å²) in [5, 5.41) is 1.28. The van der Waals surface area contributed by atoms with Crippen molar-refractivity contribution in [3.63, 3.8) is 0 Å². The van der Waals surface area contributed by atoms with Gasteiger partial charge >= 0.3 is 6.16 Å². The Morgan fingerprint density at radius 2 is 1.68 bits per heavy atom. The number of fused-ring (bicyclic) bond motifs is 1. The van der Waals surface area contributed by atoms with Crippen molar-refractivity contribution in [1.82, 2.24) is 0 Å². The van der Waals surface area contributed by atoms with Gasteiger partial charge in [0, 0.05) is 10.1 Å². The van der Waals surface area contributed by atoms with Gasteiger partial charge in [0.25, 0.3) is 0 Å². The fourth-order valence-electron chi connectivity index (χ4n) is 2.25. The number of rotatable bonds is 7. The smallest absolute Gasteiger partial charge is 0.490 e. The maximum Gasteiger partial charge on any atom is 0.514 e. The average Bonchev–Trinajstić information content (AvgIpc) is 2.97. The number of benzene rings is 2. The third-order valence-electron chi connectivity index (χ3n) is 3.30. The van der Waals surface area contributed by atoms with Crippen LogP contribution in [0.25, 0.3) is 10.1 Å². The van der Waals surface area contributed by atoms with Gasteiger partial charge < -0.3 is 18.9 Å². The summed E-state index contributed by atoms with van der Waals surface area (Å²) in [7, 11) is 0. The van der Waals surface area contributed by atoms with Crippen LogP contribution in [0.2, 0.25) is 0 Å². The van der Waals surface area contributed by atoms with Crippen LogP contribution in [0.1, 0.15) is 6.92 Å². The second-order valence-corrected chi connectivity index (χ2v) is 6.02. The minimum Gasteiger partial charge on any atom is -0.490 e. The number of para-hydroxylation sites is 1. The van der Waals surface area contributed by atoms with E-state index in [0.29, 0.717) is 24.0 Å². The highest BCUT2D eigenvalue weighted by Gasteiger charge is 2.18. The lowest BCUT2D eigenvalue weighted by atomic mass is 10.2. The van der Waals surface area contributed by atoms with Crippen molar-refractivity contribution in [1.29, 1.82) is 0 Å². The molecule has 0 aliphatic rings. The lowest BCUT2D eigenvalue weighted by Crippen LogP contribution is -2.12. The van der Waals surface area contributed by atoms with Crippen molar-refractivity contribution in [2.24, 2.45) is 0 Å². The molecule has 3 rings (SSSR count). The van der Waals surface area contributed by atoms with Gasteiger partial charge in [-0.2, -0.15) is 0 Å². The highest BCUT2D eigenvalue weighted by Crippen LogP contribution is 2.44. The molecule has 0 saturated carbocycles. The molecule has 6 heteroatoms. The molecule has 1 aromatic heterocycles. The second-order valence-electron chi connectivity index (χ2n) is 5.01. The summed E-state index contributed by atoms with van der Waals surface area (Å²) in [4.78, 5) is 11.6. The molecule has 0 saturated heterocycles. The van der Waals surface area contributed by atoms with E-state index in [0.717, 1.165) is 15.8 Å². The number of ether oxygens (including phenoxy) is 4. The van der Waals surface area contributed by atoms with Crippen LogP contribution >= 0.6 is 11.3 Å². The Kier molecular flexibility index (Phi) is 5.74. The van der Waals surface area contributed by atoms with Crippen molar-refractivity contribution in [2.75, 3.05) is 19.8 Å². The molecule has 1 heterocycles. The zero-order chi connectivity index (χ0) is 17.5. The average molecular weight is 358 g/mol. The zero-order valence-electron chi connectivity index (χ0n) is 13.8. The SMILES string of the molecule is CCOC(=O)Oc1sc2ccccc2c1OCCOc1ccccc1. The van der Waals surface area contributed by atoms with Crippen molar-refractivity contribution in [3.8, 4) is 16.6 Å². The van der Waals surface area contributed by atoms with Gasteiger partial charge in [0.05, 0.1) is 6.61 Å². The van der Waals surface area contributed by atoms with E-state index in [2.05, 4.69) is 0 Å². The molecular weight excluding hydrogens is 340 g/mol. The fraction of sp³-hybridized carbons (Fsp3) is 0.211. The molecule has 0 bridgehead atoms. The van der Waals surface area contributed by atoms with E-state index >= 15 is 0 Å². The van der Waals surface area contributed by atoms with Gasteiger partial charge in [-0.25, -0.2) is 4.79 Å². The van der Waals surface area contributed by atoms with E-state index in [4.69, 9.17) is 18.9 Å². The van der Waals surface area contributed by atoms with Gasteiger partial charge in [-0.05, 0) is 31.2 Å². The third-order valence-corrected chi connectivity index (χ3v) is 4.33. The summed E-state index contributed by atoms with van der Waals surface area (Å²) < 4.78 is 22.6. The first-order chi connectivity index (χ1) is 12.3. The second kappa shape index (κ2) is 8.39. The first-order valence-electron chi connectivity index (χ1n) is 7.94. The van der Waals surface area contributed by atoms with Crippen LogP contribution in [-0.4, -0.2) is 26.0 Å². The van der Waals surface area contributed by atoms with Crippen LogP contribution in [0.4, 0.5) is 4.79 Å². The van der Waals surface area contributed by atoms with E-state index < -0.39 is 6.16 Å². The van der Waals surface area contributed by atoms with Gasteiger partial charge in [0.15, 0.2) is 5.75 Å². The maximum absolute atomic E-state index is 11.6. The molecule has 0 aliphatic heterocycles. The predicted octanol–water partition coefficient (Wildman–Crippen LogP) is 4.89. The molecule has 25 heavy (non-hydrogen) atoms. The number of carbonyl (C=O) groups excluding carboxylic acids is 1. The largest absolute Gasteiger partial charge is 0.514 e. The molecular formula is C19H18O5S.